The lowest BCUT2D eigenvalue weighted by Crippen LogP contribution is -2.29. The van der Waals surface area contributed by atoms with Crippen LogP contribution in [0, 0.1) is 0 Å². The van der Waals surface area contributed by atoms with Crippen LogP contribution in [0.15, 0.2) is 23.4 Å². The van der Waals surface area contributed by atoms with Gasteiger partial charge in [0.25, 0.3) is 0 Å². The van der Waals surface area contributed by atoms with Gasteiger partial charge in [0.1, 0.15) is 0 Å². The van der Waals surface area contributed by atoms with Crippen molar-refractivity contribution >= 4 is 40.4 Å². The number of aromatic nitrogens is 2. The molecule has 114 valence electrons. The third-order valence-corrected chi connectivity index (χ3v) is 4.29. The Morgan fingerprint density at radius 3 is 2.86 bits per heavy atom. The molecule has 0 fully saturated rings. The fraction of sp³-hybridized carbons (Fsp3) is 0.429. The maximum atomic E-state index is 10.8. The number of hydrogen-bond acceptors (Lipinski definition) is 4. The number of fused-ring (bicyclic) bond motifs is 1. The molecule has 0 atom stereocenters. The van der Waals surface area contributed by atoms with Crippen molar-refractivity contribution in [3.05, 3.63) is 23.2 Å². The summed E-state index contributed by atoms with van der Waals surface area (Å²) in [6, 6.07) is 5.47. The number of hydrogen-bond donors (Lipinski definition) is 1. The summed E-state index contributed by atoms with van der Waals surface area (Å²) in [5, 5.41) is 10.1. The molecule has 1 aromatic carbocycles. The van der Waals surface area contributed by atoms with Gasteiger partial charge in [0.05, 0.1) is 28.9 Å². The summed E-state index contributed by atoms with van der Waals surface area (Å²) in [5.41, 5.74) is 1.28. The van der Waals surface area contributed by atoms with E-state index in [0.717, 1.165) is 11.0 Å². The lowest BCUT2D eigenvalue weighted by molar-refractivity contribution is -0.133. The molecule has 1 heterocycles. The number of ether oxygens (including phenoxy) is 1. The number of halogens is 1. The van der Waals surface area contributed by atoms with Gasteiger partial charge in [-0.2, -0.15) is 0 Å². The standard InChI is InChI=1S/C14H17ClN2O3S/c1-14(2,20-3)8-17-11-5-4-9(15)6-10(11)16-13(17)21-7-12(18)19/h4-6H,7-8H2,1-3H3,(H,18,19). The maximum absolute atomic E-state index is 10.8. The first kappa shape index (κ1) is 16.1. The Bertz CT molecular complexity index is 670. The number of carboxylic acids is 1. The zero-order valence-electron chi connectivity index (χ0n) is 12.1. The second-order valence-corrected chi connectivity index (χ2v) is 6.64. The Labute approximate surface area is 132 Å². The van der Waals surface area contributed by atoms with Gasteiger partial charge < -0.3 is 14.4 Å². The summed E-state index contributed by atoms with van der Waals surface area (Å²) < 4.78 is 7.44. The van der Waals surface area contributed by atoms with Crippen molar-refractivity contribution in [3.8, 4) is 0 Å². The lowest BCUT2D eigenvalue weighted by atomic mass is 10.1. The van der Waals surface area contributed by atoms with Crippen LogP contribution in [0.3, 0.4) is 0 Å². The van der Waals surface area contributed by atoms with Crippen LogP contribution in [-0.4, -0.2) is 39.1 Å². The Morgan fingerprint density at radius 2 is 2.24 bits per heavy atom. The summed E-state index contributed by atoms with van der Waals surface area (Å²) in [6.07, 6.45) is 0. The summed E-state index contributed by atoms with van der Waals surface area (Å²) >= 11 is 7.18. The van der Waals surface area contributed by atoms with E-state index in [1.54, 1.807) is 19.2 Å². The van der Waals surface area contributed by atoms with Gasteiger partial charge in [-0.15, -0.1) is 0 Å². The molecule has 0 bridgehead atoms. The highest BCUT2D eigenvalue weighted by Crippen LogP contribution is 2.28. The van der Waals surface area contributed by atoms with E-state index in [2.05, 4.69) is 4.98 Å². The number of thioether (sulfide) groups is 1. The molecule has 0 unspecified atom stereocenters. The highest BCUT2D eigenvalue weighted by molar-refractivity contribution is 7.99. The monoisotopic (exact) mass is 328 g/mol. The van der Waals surface area contributed by atoms with Gasteiger partial charge in [0.2, 0.25) is 0 Å². The third kappa shape index (κ3) is 3.90. The number of rotatable bonds is 6. The minimum atomic E-state index is -0.873. The van der Waals surface area contributed by atoms with Crippen molar-refractivity contribution in [1.82, 2.24) is 9.55 Å². The van der Waals surface area contributed by atoms with Gasteiger partial charge in [-0.1, -0.05) is 23.4 Å². The normalized spacial score (nSPS) is 12.0. The molecule has 0 aliphatic heterocycles. The number of carbonyl (C=O) groups is 1. The van der Waals surface area contributed by atoms with Crippen LogP contribution in [0.4, 0.5) is 0 Å². The van der Waals surface area contributed by atoms with E-state index in [4.69, 9.17) is 21.4 Å². The molecule has 0 spiro atoms. The van der Waals surface area contributed by atoms with E-state index in [1.807, 2.05) is 24.5 Å². The molecule has 2 rings (SSSR count). The Morgan fingerprint density at radius 1 is 1.52 bits per heavy atom. The second kappa shape index (κ2) is 6.25. The maximum Gasteiger partial charge on any atom is 0.313 e. The van der Waals surface area contributed by atoms with E-state index in [-0.39, 0.29) is 11.4 Å². The van der Waals surface area contributed by atoms with Crippen molar-refractivity contribution in [2.75, 3.05) is 12.9 Å². The molecule has 0 amide bonds. The quantitative estimate of drug-likeness (QED) is 0.824. The zero-order chi connectivity index (χ0) is 15.6. The molecule has 2 aromatic rings. The van der Waals surface area contributed by atoms with E-state index in [0.29, 0.717) is 16.7 Å². The molecule has 0 aliphatic carbocycles. The van der Waals surface area contributed by atoms with Crippen molar-refractivity contribution in [1.29, 1.82) is 0 Å². The van der Waals surface area contributed by atoms with Gasteiger partial charge in [-0.05, 0) is 32.0 Å². The van der Waals surface area contributed by atoms with Crippen LogP contribution < -0.4 is 0 Å². The van der Waals surface area contributed by atoms with Crippen LogP contribution in [0.2, 0.25) is 5.02 Å². The number of methoxy groups -OCH3 is 1. The largest absolute Gasteiger partial charge is 0.481 e. The molecule has 0 radical (unpaired) electrons. The van der Waals surface area contributed by atoms with Gasteiger partial charge in [0.15, 0.2) is 5.16 Å². The average Bonchev–Trinajstić information content (AvgIpc) is 2.73. The molecule has 0 saturated carbocycles. The molecular weight excluding hydrogens is 312 g/mol. The molecular formula is C14H17ClN2O3S. The molecule has 7 heteroatoms. The molecule has 21 heavy (non-hydrogen) atoms. The topological polar surface area (TPSA) is 64.3 Å². The minimum absolute atomic E-state index is 0.0372. The highest BCUT2D eigenvalue weighted by atomic mass is 35.5. The highest BCUT2D eigenvalue weighted by Gasteiger charge is 2.22. The van der Waals surface area contributed by atoms with Gasteiger partial charge in [0, 0.05) is 12.1 Å². The summed E-state index contributed by atoms with van der Waals surface area (Å²) in [6.45, 7) is 4.52. The molecule has 1 aromatic heterocycles. The number of carboxylic acid groups (broad SMARTS) is 1. The lowest BCUT2D eigenvalue weighted by Gasteiger charge is -2.24. The number of benzene rings is 1. The van der Waals surface area contributed by atoms with Crippen molar-refractivity contribution < 1.29 is 14.6 Å². The first-order chi connectivity index (χ1) is 9.82. The number of nitrogens with zero attached hydrogens (tertiary/aromatic N) is 2. The first-order valence-corrected chi connectivity index (χ1v) is 7.74. The van der Waals surface area contributed by atoms with E-state index < -0.39 is 5.97 Å². The van der Waals surface area contributed by atoms with Gasteiger partial charge in [-0.25, -0.2) is 4.98 Å². The van der Waals surface area contributed by atoms with Crippen LogP contribution in [0.1, 0.15) is 13.8 Å². The SMILES string of the molecule is COC(C)(C)Cn1c(SCC(=O)O)nc2cc(Cl)ccc21. The molecule has 0 saturated heterocycles. The zero-order valence-corrected chi connectivity index (χ0v) is 13.7. The average molecular weight is 329 g/mol. The number of aliphatic carboxylic acids is 1. The van der Waals surface area contributed by atoms with E-state index in [1.165, 1.54) is 11.8 Å². The van der Waals surface area contributed by atoms with Gasteiger partial charge >= 0.3 is 5.97 Å². The Hall–Kier alpha value is -1.24. The first-order valence-electron chi connectivity index (χ1n) is 6.38. The summed E-state index contributed by atoms with van der Waals surface area (Å²) in [7, 11) is 1.65. The second-order valence-electron chi connectivity index (χ2n) is 5.26. The van der Waals surface area contributed by atoms with Gasteiger partial charge in [-0.3, -0.25) is 4.79 Å². The van der Waals surface area contributed by atoms with Crippen LogP contribution in [0.5, 0.6) is 0 Å². The fourth-order valence-corrected chi connectivity index (χ4v) is 2.82. The smallest absolute Gasteiger partial charge is 0.313 e. The van der Waals surface area contributed by atoms with E-state index >= 15 is 0 Å². The molecule has 5 nitrogen and oxygen atoms in total. The van der Waals surface area contributed by atoms with Crippen LogP contribution in [0.25, 0.3) is 11.0 Å². The third-order valence-electron chi connectivity index (χ3n) is 3.09. The predicted octanol–water partition coefficient (Wildman–Crippen LogP) is 3.29. The van der Waals surface area contributed by atoms with Crippen molar-refractivity contribution in [3.63, 3.8) is 0 Å². The van der Waals surface area contributed by atoms with Crippen molar-refractivity contribution in [2.24, 2.45) is 0 Å². The van der Waals surface area contributed by atoms with Crippen molar-refractivity contribution in [2.45, 2.75) is 31.1 Å². The summed E-state index contributed by atoms with van der Waals surface area (Å²) in [4.78, 5) is 15.3. The van der Waals surface area contributed by atoms with Crippen LogP contribution in [-0.2, 0) is 16.1 Å². The molecule has 0 aliphatic rings. The predicted molar refractivity (Wildman–Crippen MR) is 84.2 cm³/mol. The Balaban J connectivity index is 2.46. The Kier molecular flexibility index (Phi) is 4.81. The fourth-order valence-electron chi connectivity index (χ4n) is 1.92. The number of imidazole rings is 1. The van der Waals surface area contributed by atoms with E-state index in [9.17, 15) is 4.79 Å². The van der Waals surface area contributed by atoms with Crippen LogP contribution >= 0.6 is 23.4 Å². The summed E-state index contributed by atoms with van der Waals surface area (Å²) in [5.74, 6) is -0.910. The minimum Gasteiger partial charge on any atom is -0.481 e. The molecule has 1 N–H and O–H groups in total.